The van der Waals surface area contributed by atoms with Crippen molar-refractivity contribution in [2.24, 2.45) is 0 Å². The molecule has 0 saturated heterocycles. The molecule has 0 N–H and O–H groups in total. The van der Waals surface area contributed by atoms with E-state index in [1.54, 1.807) is 5.57 Å². The van der Waals surface area contributed by atoms with E-state index in [0.717, 1.165) is 19.3 Å². The molecule has 0 aromatic heterocycles. The van der Waals surface area contributed by atoms with Crippen molar-refractivity contribution in [3.8, 4) is 11.1 Å². The fraction of sp³-hybridized carbons (Fsp3) is 0.364. The summed E-state index contributed by atoms with van der Waals surface area (Å²) in [6, 6.07) is 13.6. The van der Waals surface area contributed by atoms with Crippen LogP contribution in [0.4, 0.5) is 0 Å². The van der Waals surface area contributed by atoms with Gasteiger partial charge in [-0.1, -0.05) is 75.2 Å². The van der Waals surface area contributed by atoms with E-state index >= 15 is 0 Å². The van der Waals surface area contributed by atoms with E-state index in [-0.39, 0.29) is 0 Å². The Hall–Kier alpha value is -1.82. The van der Waals surface area contributed by atoms with Crippen LogP contribution in [0.1, 0.15) is 55.9 Å². The molecule has 1 aliphatic rings. The van der Waals surface area contributed by atoms with Crippen LogP contribution < -0.4 is 0 Å². The summed E-state index contributed by atoms with van der Waals surface area (Å²) in [6.45, 7) is 6.80. The van der Waals surface area contributed by atoms with Crippen molar-refractivity contribution in [3.05, 3.63) is 64.2 Å². The molecule has 0 unspecified atom stereocenters. The van der Waals surface area contributed by atoms with Gasteiger partial charge in [0.05, 0.1) is 0 Å². The zero-order valence-corrected chi connectivity index (χ0v) is 14.1. The first kappa shape index (κ1) is 15.1. The highest BCUT2D eigenvalue weighted by Crippen LogP contribution is 2.39. The Kier molecular flexibility index (Phi) is 4.47. The van der Waals surface area contributed by atoms with Crippen LogP contribution in [0.5, 0.6) is 0 Å². The predicted octanol–water partition coefficient (Wildman–Crippen LogP) is 6.22. The SMILES string of the molecule is CCCC1=Cc2c(ccc(CC)c2-c2ccccc2CC)C1. The lowest BCUT2D eigenvalue weighted by molar-refractivity contribution is 0.886. The number of allylic oxidation sites excluding steroid dienone is 1. The maximum atomic E-state index is 2.47. The third-order valence-corrected chi connectivity index (χ3v) is 4.81. The van der Waals surface area contributed by atoms with E-state index < -0.39 is 0 Å². The van der Waals surface area contributed by atoms with Gasteiger partial charge in [0.25, 0.3) is 0 Å². The summed E-state index contributed by atoms with van der Waals surface area (Å²) in [5, 5.41) is 0. The Labute approximate surface area is 134 Å². The van der Waals surface area contributed by atoms with Crippen LogP contribution in [0.2, 0.25) is 0 Å². The minimum Gasteiger partial charge on any atom is -0.0652 e. The fourth-order valence-electron chi connectivity index (χ4n) is 3.69. The molecule has 0 heterocycles. The summed E-state index contributed by atoms with van der Waals surface area (Å²) < 4.78 is 0. The maximum absolute atomic E-state index is 2.47. The second-order valence-corrected chi connectivity index (χ2v) is 6.27. The van der Waals surface area contributed by atoms with Crippen molar-refractivity contribution in [1.82, 2.24) is 0 Å². The molecule has 0 nitrogen and oxygen atoms in total. The number of rotatable bonds is 5. The van der Waals surface area contributed by atoms with Crippen LogP contribution in [-0.2, 0) is 19.3 Å². The van der Waals surface area contributed by atoms with E-state index in [1.165, 1.54) is 46.2 Å². The molecule has 0 amide bonds. The van der Waals surface area contributed by atoms with Gasteiger partial charge in [0.2, 0.25) is 0 Å². The van der Waals surface area contributed by atoms with E-state index in [2.05, 4.69) is 63.2 Å². The number of hydrogen-bond acceptors (Lipinski definition) is 0. The Morgan fingerprint density at radius 3 is 2.36 bits per heavy atom. The second kappa shape index (κ2) is 6.52. The van der Waals surface area contributed by atoms with Gasteiger partial charge in [-0.05, 0) is 59.1 Å². The molecule has 0 bridgehead atoms. The molecule has 1 aliphatic carbocycles. The molecular weight excluding hydrogens is 264 g/mol. The molecule has 22 heavy (non-hydrogen) atoms. The fourth-order valence-corrected chi connectivity index (χ4v) is 3.69. The lowest BCUT2D eigenvalue weighted by Gasteiger charge is -2.16. The highest BCUT2D eigenvalue weighted by Gasteiger charge is 2.19. The van der Waals surface area contributed by atoms with Crippen molar-refractivity contribution in [2.75, 3.05) is 0 Å². The average molecular weight is 290 g/mol. The van der Waals surface area contributed by atoms with Gasteiger partial charge >= 0.3 is 0 Å². The summed E-state index contributed by atoms with van der Waals surface area (Å²) in [5.41, 5.74) is 10.5. The van der Waals surface area contributed by atoms with E-state index in [9.17, 15) is 0 Å². The Bertz CT molecular complexity index is 704. The van der Waals surface area contributed by atoms with Crippen LogP contribution in [0.25, 0.3) is 17.2 Å². The van der Waals surface area contributed by atoms with Crippen molar-refractivity contribution in [3.63, 3.8) is 0 Å². The van der Waals surface area contributed by atoms with E-state index in [4.69, 9.17) is 0 Å². The van der Waals surface area contributed by atoms with Gasteiger partial charge in [0.15, 0.2) is 0 Å². The first-order valence-corrected chi connectivity index (χ1v) is 8.70. The lowest BCUT2D eigenvalue weighted by Crippen LogP contribution is -1.97. The number of hydrogen-bond donors (Lipinski definition) is 0. The smallest absolute Gasteiger partial charge is 0.00576 e. The molecule has 0 aliphatic heterocycles. The predicted molar refractivity (Wildman–Crippen MR) is 97.2 cm³/mol. The van der Waals surface area contributed by atoms with Crippen LogP contribution in [-0.4, -0.2) is 0 Å². The van der Waals surface area contributed by atoms with Crippen LogP contribution in [0.15, 0.2) is 42.0 Å². The summed E-state index contributed by atoms with van der Waals surface area (Å²) >= 11 is 0. The normalized spacial score (nSPS) is 13.1. The molecule has 2 aromatic rings. The van der Waals surface area contributed by atoms with Gasteiger partial charge in [0, 0.05) is 0 Å². The summed E-state index contributed by atoms with van der Waals surface area (Å²) in [4.78, 5) is 0. The molecule has 114 valence electrons. The van der Waals surface area contributed by atoms with Crippen molar-refractivity contribution < 1.29 is 0 Å². The largest absolute Gasteiger partial charge is 0.0652 e. The first-order valence-electron chi connectivity index (χ1n) is 8.70. The number of benzene rings is 2. The van der Waals surface area contributed by atoms with Gasteiger partial charge in [0.1, 0.15) is 0 Å². The lowest BCUT2D eigenvalue weighted by atomic mass is 9.88. The number of aryl methyl sites for hydroxylation is 2. The molecule has 3 rings (SSSR count). The van der Waals surface area contributed by atoms with Crippen molar-refractivity contribution in [2.45, 2.75) is 52.9 Å². The maximum Gasteiger partial charge on any atom is -0.00576 e. The minimum atomic E-state index is 1.09. The summed E-state index contributed by atoms with van der Waals surface area (Å²) in [5.74, 6) is 0. The quantitative estimate of drug-likeness (QED) is 0.613. The summed E-state index contributed by atoms with van der Waals surface area (Å²) in [7, 11) is 0. The molecule has 0 atom stereocenters. The zero-order chi connectivity index (χ0) is 15.5. The molecule has 0 spiro atoms. The van der Waals surface area contributed by atoms with Crippen LogP contribution >= 0.6 is 0 Å². The standard InChI is InChI=1S/C22H26/c1-4-9-16-14-19-13-12-18(6-3)22(21(19)15-16)20-11-8-7-10-17(20)5-2/h7-8,10-13,15H,4-6,9,14H2,1-3H3. The van der Waals surface area contributed by atoms with E-state index in [1.807, 2.05) is 0 Å². The van der Waals surface area contributed by atoms with Crippen LogP contribution in [0.3, 0.4) is 0 Å². The molecule has 0 heteroatoms. The Morgan fingerprint density at radius 1 is 0.864 bits per heavy atom. The van der Waals surface area contributed by atoms with Crippen molar-refractivity contribution in [1.29, 1.82) is 0 Å². The third-order valence-electron chi connectivity index (χ3n) is 4.81. The minimum absolute atomic E-state index is 1.09. The van der Waals surface area contributed by atoms with Gasteiger partial charge < -0.3 is 0 Å². The van der Waals surface area contributed by atoms with E-state index in [0.29, 0.717) is 0 Å². The highest BCUT2D eigenvalue weighted by atomic mass is 14.2. The van der Waals surface area contributed by atoms with Gasteiger partial charge in [-0.2, -0.15) is 0 Å². The monoisotopic (exact) mass is 290 g/mol. The highest BCUT2D eigenvalue weighted by molar-refractivity contribution is 5.84. The topological polar surface area (TPSA) is 0 Å². The molecular formula is C22H26. The Morgan fingerprint density at radius 2 is 1.64 bits per heavy atom. The van der Waals surface area contributed by atoms with Gasteiger partial charge in [-0.25, -0.2) is 0 Å². The molecule has 0 fully saturated rings. The van der Waals surface area contributed by atoms with Crippen LogP contribution in [0, 0.1) is 0 Å². The zero-order valence-electron chi connectivity index (χ0n) is 14.1. The second-order valence-electron chi connectivity index (χ2n) is 6.27. The Balaban J connectivity index is 2.21. The first-order chi connectivity index (χ1) is 10.8. The number of fused-ring (bicyclic) bond motifs is 1. The average Bonchev–Trinajstić information content (AvgIpc) is 2.96. The molecule has 0 radical (unpaired) electrons. The van der Waals surface area contributed by atoms with Gasteiger partial charge in [-0.15, -0.1) is 0 Å². The van der Waals surface area contributed by atoms with Crippen molar-refractivity contribution >= 4 is 6.08 Å². The third kappa shape index (κ3) is 2.63. The summed E-state index contributed by atoms with van der Waals surface area (Å²) in [6.07, 6.45) is 8.27. The van der Waals surface area contributed by atoms with Gasteiger partial charge in [-0.3, -0.25) is 0 Å². The molecule has 2 aromatic carbocycles. The molecule has 0 saturated carbocycles.